The maximum atomic E-state index is 12.3. The van der Waals surface area contributed by atoms with Gasteiger partial charge in [0.05, 0.1) is 23.9 Å². The first-order valence-corrected chi connectivity index (χ1v) is 9.89. The van der Waals surface area contributed by atoms with E-state index in [1.807, 2.05) is 0 Å². The number of aromatic nitrogens is 2. The summed E-state index contributed by atoms with van der Waals surface area (Å²) in [7, 11) is 0. The Hall–Kier alpha value is -0.900. The van der Waals surface area contributed by atoms with Gasteiger partial charge in [0.2, 0.25) is 11.0 Å². The molecule has 3 N–H and O–H groups in total. The highest BCUT2D eigenvalue weighted by Crippen LogP contribution is 2.42. The molecule has 9 heteroatoms. The first kappa shape index (κ1) is 15.6. The highest BCUT2D eigenvalue weighted by atomic mass is 32.2. The maximum absolute atomic E-state index is 12.3. The van der Waals surface area contributed by atoms with Crippen molar-refractivity contribution in [3.63, 3.8) is 0 Å². The Morgan fingerprint density at radius 1 is 1.43 bits per heavy atom. The van der Waals surface area contributed by atoms with Gasteiger partial charge < -0.3 is 15.8 Å². The molecule has 4 atom stereocenters. The predicted octanol–water partition coefficient (Wildman–Crippen LogP) is 0.580. The molecule has 0 aromatic carbocycles. The number of anilines is 1. The third-order valence-corrected chi connectivity index (χ3v) is 6.87. The SMILES string of the molecule is Nc1nnc(SCC(=O)N[C@H]2[C@H]3CCO[C@H]3[C@@H]2N2CCCC2)s1. The van der Waals surface area contributed by atoms with E-state index < -0.39 is 0 Å². The van der Waals surface area contributed by atoms with Gasteiger partial charge in [0.1, 0.15) is 0 Å². The van der Waals surface area contributed by atoms with Gasteiger partial charge in [0.15, 0.2) is 4.34 Å². The Kier molecular flexibility index (Phi) is 4.44. The molecular weight excluding hydrogens is 334 g/mol. The van der Waals surface area contributed by atoms with E-state index in [1.165, 1.54) is 35.9 Å². The summed E-state index contributed by atoms with van der Waals surface area (Å²) >= 11 is 2.71. The summed E-state index contributed by atoms with van der Waals surface area (Å²) in [6.45, 7) is 3.08. The predicted molar refractivity (Wildman–Crippen MR) is 89.4 cm³/mol. The van der Waals surface area contributed by atoms with Crippen molar-refractivity contribution in [3.05, 3.63) is 0 Å². The molecule has 0 bridgehead atoms. The molecule has 23 heavy (non-hydrogen) atoms. The highest BCUT2D eigenvalue weighted by molar-refractivity contribution is 8.01. The van der Waals surface area contributed by atoms with Gasteiger partial charge in [-0.15, -0.1) is 10.2 Å². The quantitative estimate of drug-likeness (QED) is 0.746. The van der Waals surface area contributed by atoms with E-state index >= 15 is 0 Å². The fraction of sp³-hybridized carbons (Fsp3) is 0.786. The molecule has 1 saturated carbocycles. The number of nitrogens with one attached hydrogen (secondary N) is 1. The van der Waals surface area contributed by atoms with Crippen molar-refractivity contribution >= 4 is 34.1 Å². The molecule has 3 fully saturated rings. The molecule has 4 rings (SSSR count). The van der Waals surface area contributed by atoms with E-state index in [-0.39, 0.29) is 11.9 Å². The lowest BCUT2D eigenvalue weighted by molar-refractivity contribution is -0.126. The monoisotopic (exact) mass is 355 g/mol. The van der Waals surface area contributed by atoms with Crippen molar-refractivity contribution in [2.24, 2.45) is 5.92 Å². The molecule has 1 aliphatic carbocycles. The van der Waals surface area contributed by atoms with Crippen molar-refractivity contribution in [2.75, 3.05) is 31.2 Å². The largest absolute Gasteiger partial charge is 0.376 e. The number of rotatable bonds is 5. The fourth-order valence-electron chi connectivity index (χ4n) is 3.98. The fourth-order valence-corrected chi connectivity index (χ4v) is 5.42. The second kappa shape index (κ2) is 6.54. The first-order valence-electron chi connectivity index (χ1n) is 8.09. The second-order valence-electron chi connectivity index (χ2n) is 6.31. The van der Waals surface area contributed by atoms with Gasteiger partial charge in [-0.3, -0.25) is 9.69 Å². The topological polar surface area (TPSA) is 93.4 Å². The van der Waals surface area contributed by atoms with Gasteiger partial charge in [0.25, 0.3) is 0 Å². The van der Waals surface area contributed by atoms with Gasteiger partial charge >= 0.3 is 0 Å². The number of hydrogen-bond donors (Lipinski definition) is 2. The summed E-state index contributed by atoms with van der Waals surface area (Å²) in [4.78, 5) is 14.8. The molecule has 7 nitrogen and oxygen atoms in total. The standard InChI is InChI=1S/C14H21N5O2S2/c15-13-17-18-14(23-13)22-7-9(20)16-10-8-3-6-21-12(8)11(10)19-4-1-2-5-19/h8,10-12H,1-7H2,(H2,15,17)(H,16,20)/t8-,10+,11-,12-/m1/s1. The van der Waals surface area contributed by atoms with Crippen LogP contribution in [0.25, 0.3) is 0 Å². The minimum atomic E-state index is 0.0586. The molecule has 1 aromatic heterocycles. The molecular formula is C14H21N5O2S2. The summed E-state index contributed by atoms with van der Waals surface area (Å²) < 4.78 is 6.63. The van der Waals surface area contributed by atoms with Crippen LogP contribution in [0.15, 0.2) is 4.34 Å². The molecule has 0 spiro atoms. The van der Waals surface area contributed by atoms with Crippen molar-refractivity contribution in [1.82, 2.24) is 20.4 Å². The zero-order valence-electron chi connectivity index (χ0n) is 12.8. The number of carbonyl (C=O) groups excluding carboxylic acids is 1. The van der Waals surface area contributed by atoms with E-state index in [1.54, 1.807) is 0 Å². The molecule has 2 saturated heterocycles. The average molecular weight is 355 g/mol. The van der Waals surface area contributed by atoms with Crippen LogP contribution in [0.2, 0.25) is 0 Å². The zero-order valence-corrected chi connectivity index (χ0v) is 14.4. The van der Waals surface area contributed by atoms with E-state index in [4.69, 9.17) is 10.5 Å². The number of nitrogens with two attached hydrogens (primary N) is 1. The Balaban J connectivity index is 1.33. The normalized spacial score (nSPS) is 33.4. The molecule has 2 aliphatic heterocycles. The molecule has 0 unspecified atom stereocenters. The van der Waals surface area contributed by atoms with Crippen molar-refractivity contribution < 1.29 is 9.53 Å². The van der Waals surface area contributed by atoms with Crippen LogP contribution >= 0.6 is 23.1 Å². The minimum Gasteiger partial charge on any atom is -0.376 e. The highest BCUT2D eigenvalue weighted by Gasteiger charge is 2.56. The smallest absolute Gasteiger partial charge is 0.230 e. The number of carbonyl (C=O) groups is 1. The summed E-state index contributed by atoms with van der Waals surface area (Å²) in [6, 6.07) is 0.587. The summed E-state index contributed by atoms with van der Waals surface area (Å²) in [5.41, 5.74) is 5.55. The number of nitrogens with zero attached hydrogens (tertiary/aromatic N) is 3. The van der Waals surface area contributed by atoms with Crippen LogP contribution in [0.3, 0.4) is 0 Å². The summed E-state index contributed by atoms with van der Waals surface area (Å²) in [5.74, 6) is 0.894. The average Bonchev–Trinajstić information content (AvgIpc) is 3.25. The Morgan fingerprint density at radius 2 is 2.26 bits per heavy atom. The van der Waals surface area contributed by atoms with Gasteiger partial charge in [-0.05, 0) is 32.4 Å². The second-order valence-corrected chi connectivity index (χ2v) is 8.54. The summed E-state index contributed by atoms with van der Waals surface area (Å²) in [5, 5.41) is 11.4. The maximum Gasteiger partial charge on any atom is 0.230 e. The lowest BCUT2D eigenvalue weighted by Gasteiger charge is -2.51. The lowest BCUT2D eigenvalue weighted by atomic mass is 9.70. The number of likely N-dealkylation sites (tertiary alicyclic amines) is 1. The first-order chi connectivity index (χ1) is 11.2. The van der Waals surface area contributed by atoms with Crippen LogP contribution in [0.5, 0.6) is 0 Å². The number of fused-ring (bicyclic) bond motifs is 1. The van der Waals surface area contributed by atoms with Gasteiger partial charge in [-0.1, -0.05) is 23.1 Å². The molecule has 1 aromatic rings. The van der Waals surface area contributed by atoms with Crippen LogP contribution in [0.4, 0.5) is 5.13 Å². The van der Waals surface area contributed by atoms with Gasteiger partial charge in [-0.2, -0.15) is 0 Å². The third-order valence-electron chi connectivity index (χ3n) is 4.99. The van der Waals surface area contributed by atoms with Crippen molar-refractivity contribution in [3.8, 4) is 0 Å². The number of ether oxygens (including phenoxy) is 1. The Bertz CT molecular complexity index is 573. The van der Waals surface area contributed by atoms with Crippen LogP contribution in [-0.4, -0.2) is 64.6 Å². The molecule has 3 aliphatic rings. The summed E-state index contributed by atoms with van der Waals surface area (Å²) in [6.07, 6.45) is 3.88. The number of amides is 1. The van der Waals surface area contributed by atoms with Crippen LogP contribution < -0.4 is 11.1 Å². The zero-order chi connectivity index (χ0) is 15.8. The molecule has 3 heterocycles. The van der Waals surface area contributed by atoms with E-state index in [0.29, 0.717) is 28.9 Å². The number of nitrogen functional groups attached to an aromatic ring is 1. The molecule has 0 radical (unpaired) electrons. The van der Waals surface area contributed by atoms with E-state index in [0.717, 1.165) is 30.5 Å². The Labute approximate surface area is 143 Å². The number of thioether (sulfide) groups is 1. The number of hydrogen-bond acceptors (Lipinski definition) is 8. The third kappa shape index (κ3) is 3.07. The van der Waals surface area contributed by atoms with Crippen molar-refractivity contribution in [2.45, 2.75) is 41.8 Å². The van der Waals surface area contributed by atoms with E-state index in [9.17, 15) is 4.79 Å². The minimum absolute atomic E-state index is 0.0586. The molecule has 1 amide bonds. The Morgan fingerprint density at radius 3 is 3.00 bits per heavy atom. The lowest BCUT2D eigenvalue weighted by Crippen LogP contribution is -2.70. The molecule has 126 valence electrons. The van der Waals surface area contributed by atoms with Crippen LogP contribution in [0, 0.1) is 5.92 Å². The van der Waals surface area contributed by atoms with Crippen molar-refractivity contribution in [1.29, 1.82) is 0 Å². The van der Waals surface area contributed by atoms with E-state index in [2.05, 4.69) is 20.4 Å². The van der Waals surface area contributed by atoms with Gasteiger partial charge in [0, 0.05) is 12.5 Å². The van der Waals surface area contributed by atoms with Crippen LogP contribution in [0.1, 0.15) is 19.3 Å². The van der Waals surface area contributed by atoms with Gasteiger partial charge in [-0.25, -0.2) is 0 Å². The van der Waals surface area contributed by atoms with Crippen LogP contribution in [-0.2, 0) is 9.53 Å².